The van der Waals surface area contributed by atoms with Crippen LogP contribution in [0.3, 0.4) is 0 Å². The average molecular weight is 219 g/mol. The normalized spacial score (nSPS) is 15.2. The van der Waals surface area contributed by atoms with Crippen LogP contribution in [-0.4, -0.2) is 13.7 Å². The number of ether oxygens (including phenoxy) is 1. The standard InChI is InChI=1S/C14H21NO/c1-10(2)14-12(15-9-11-7-8-11)5-4-6-13(14)16-3/h4-6,10-11,15H,7-9H2,1-3H3. The summed E-state index contributed by atoms with van der Waals surface area (Å²) in [6, 6.07) is 6.25. The summed E-state index contributed by atoms with van der Waals surface area (Å²) in [6.45, 7) is 5.52. The van der Waals surface area contributed by atoms with Gasteiger partial charge in [-0.2, -0.15) is 0 Å². The van der Waals surface area contributed by atoms with Gasteiger partial charge in [0.1, 0.15) is 5.75 Å². The maximum Gasteiger partial charge on any atom is 0.124 e. The van der Waals surface area contributed by atoms with E-state index in [0.717, 1.165) is 18.2 Å². The van der Waals surface area contributed by atoms with Gasteiger partial charge in [0.25, 0.3) is 0 Å². The zero-order valence-electron chi connectivity index (χ0n) is 10.4. The number of anilines is 1. The lowest BCUT2D eigenvalue weighted by molar-refractivity contribution is 0.408. The van der Waals surface area contributed by atoms with E-state index in [0.29, 0.717) is 5.92 Å². The highest BCUT2D eigenvalue weighted by molar-refractivity contribution is 5.59. The average Bonchev–Trinajstić information content (AvgIpc) is 3.09. The van der Waals surface area contributed by atoms with Crippen molar-refractivity contribution in [3.63, 3.8) is 0 Å². The zero-order chi connectivity index (χ0) is 11.5. The lowest BCUT2D eigenvalue weighted by Crippen LogP contribution is -2.07. The number of benzene rings is 1. The molecule has 1 aliphatic rings. The Balaban J connectivity index is 2.19. The van der Waals surface area contributed by atoms with E-state index in [1.165, 1.54) is 24.1 Å². The van der Waals surface area contributed by atoms with Crippen LogP contribution in [0.5, 0.6) is 5.75 Å². The minimum atomic E-state index is 0.484. The summed E-state index contributed by atoms with van der Waals surface area (Å²) in [6.07, 6.45) is 2.77. The van der Waals surface area contributed by atoms with Gasteiger partial charge < -0.3 is 10.1 Å². The van der Waals surface area contributed by atoms with Gasteiger partial charge in [-0.15, -0.1) is 0 Å². The number of hydrogen-bond acceptors (Lipinski definition) is 2. The molecule has 0 amide bonds. The van der Waals surface area contributed by atoms with Crippen LogP contribution in [0.25, 0.3) is 0 Å². The first-order valence-electron chi connectivity index (χ1n) is 6.13. The SMILES string of the molecule is COc1cccc(NCC2CC2)c1C(C)C. The summed E-state index contributed by atoms with van der Waals surface area (Å²) >= 11 is 0. The molecule has 0 unspecified atom stereocenters. The molecule has 1 N–H and O–H groups in total. The Morgan fingerprint density at radius 3 is 2.69 bits per heavy atom. The van der Waals surface area contributed by atoms with Gasteiger partial charge in [-0.05, 0) is 36.8 Å². The highest BCUT2D eigenvalue weighted by Crippen LogP contribution is 2.35. The third-order valence-corrected chi connectivity index (χ3v) is 3.14. The van der Waals surface area contributed by atoms with Gasteiger partial charge in [-0.25, -0.2) is 0 Å². The zero-order valence-corrected chi connectivity index (χ0v) is 10.4. The van der Waals surface area contributed by atoms with E-state index in [1.54, 1.807) is 7.11 Å². The fourth-order valence-electron chi connectivity index (χ4n) is 2.05. The summed E-state index contributed by atoms with van der Waals surface area (Å²) in [5.74, 6) is 2.37. The molecule has 1 saturated carbocycles. The first kappa shape index (κ1) is 11.3. The van der Waals surface area contributed by atoms with E-state index < -0.39 is 0 Å². The topological polar surface area (TPSA) is 21.3 Å². The van der Waals surface area contributed by atoms with Crippen LogP contribution >= 0.6 is 0 Å². The monoisotopic (exact) mass is 219 g/mol. The first-order valence-corrected chi connectivity index (χ1v) is 6.13. The van der Waals surface area contributed by atoms with E-state index in [-0.39, 0.29) is 0 Å². The highest BCUT2D eigenvalue weighted by atomic mass is 16.5. The van der Waals surface area contributed by atoms with E-state index in [9.17, 15) is 0 Å². The quantitative estimate of drug-likeness (QED) is 0.816. The molecule has 2 heteroatoms. The predicted octanol–water partition coefficient (Wildman–Crippen LogP) is 3.64. The molecule has 2 nitrogen and oxygen atoms in total. The highest BCUT2D eigenvalue weighted by Gasteiger charge is 2.21. The summed E-state index contributed by atoms with van der Waals surface area (Å²) < 4.78 is 5.43. The molecule has 0 bridgehead atoms. The van der Waals surface area contributed by atoms with Crippen LogP contribution in [0, 0.1) is 5.92 Å². The molecular weight excluding hydrogens is 198 g/mol. The second-order valence-corrected chi connectivity index (χ2v) is 4.90. The van der Waals surface area contributed by atoms with E-state index in [1.807, 2.05) is 6.07 Å². The van der Waals surface area contributed by atoms with Crippen LogP contribution in [0.15, 0.2) is 18.2 Å². The van der Waals surface area contributed by atoms with Crippen LogP contribution in [-0.2, 0) is 0 Å². The minimum Gasteiger partial charge on any atom is -0.496 e. The molecule has 16 heavy (non-hydrogen) atoms. The fourth-order valence-corrected chi connectivity index (χ4v) is 2.05. The maximum absolute atomic E-state index is 5.43. The van der Waals surface area contributed by atoms with Crippen molar-refractivity contribution < 1.29 is 4.74 Å². The number of hydrogen-bond donors (Lipinski definition) is 1. The number of rotatable bonds is 5. The van der Waals surface area contributed by atoms with Gasteiger partial charge in [0, 0.05) is 17.8 Å². The van der Waals surface area contributed by atoms with Crippen molar-refractivity contribution >= 4 is 5.69 Å². The third kappa shape index (κ3) is 2.49. The Kier molecular flexibility index (Phi) is 3.37. The summed E-state index contributed by atoms with van der Waals surface area (Å²) in [5.41, 5.74) is 2.53. The van der Waals surface area contributed by atoms with E-state index >= 15 is 0 Å². The largest absolute Gasteiger partial charge is 0.496 e. The first-order chi connectivity index (χ1) is 7.72. The third-order valence-electron chi connectivity index (χ3n) is 3.14. The lowest BCUT2D eigenvalue weighted by Gasteiger charge is -2.17. The molecule has 1 aromatic rings. The molecule has 0 spiro atoms. The van der Waals surface area contributed by atoms with Gasteiger partial charge in [-0.1, -0.05) is 19.9 Å². The molecule has 0 aromatic heterocycles. The second-order valence-electron chi connectivity index (χ2n) is 4.90. The Labute approximate surface area is 98.0 Å². The molecule has 88 valence electrons. The van der Waals surface area contributed by atoms with Crippen molar-refractivity contribution in [2.24, 2.45) is 5.92 Å². The smallest absolute Gasteiger partial charge is 0.124 e. The van der Waals surface area contributed by atoms with Crippen molar-refractivity contribution in [2.45, 2.75) is 32.6 Å². The summed E-state index contributed by atoms with van der Waals surface area (Å²) in [7, 11) is 1.74. The molecule has 0 heterocycles. The molecule has 1 aromatic carbocycles. The van der Waals surface area contributed by atoms with Gasteiger partial charge >= 0.3 is 0 Å². The van der Waals surface area contributed by atoms with Crippen molar-refractivity contribution in [3.8, 4) is 5.75 Å². The van der Waals surface area contributed by atoms with Crippen molar-refractivity contribution in [1.29, 1.82) is 0 Å². The number of methoxy groups -OCH3 is 1. The second kappa shape index (κ2) is 4.77. The molecule has 1 aliphatic carbocycles. The molecule has 0 radical (unpaired) electrons. The summed E-state index contributed by atoms with van der Waals surface area (Å²) in [5, 5.41) is 3.55. The number of nitrogens with one attached hydrogen (secondary N) is 1. The van der Waals surface area contributed by atoms with Crippen molar-refractivity contribution in [2.75, 3.05) is 19.0 Å². The van der Waals surface area contributed by atoms with Crippen molar-refractivity contribution in [3.05, 3.63) is 23.8 Å². The van der Waals surface area contributed by atoms with Crippen LogP contribution in [0.1, 0.15) is 38.2 Å². The Hall–Kier alpha value is -1.18. The molecule has 1 fully saturated rings. The van der Waals surface area contributed by atoms with Gasteiger partial charge in [0.2, 0.25) is 0 Å². The molecular formula is C14H21NO. The Bertz CT molecular complexity index is 356. The minimum absolute atomic E-state index is 0.484. The Morgan fingerprint density at radius 2 is 2.12 bits per heavy atom. The van der Waals surface area contributed by atoms with Crippen molar-refractivity contribution in [1.82, 2.24) is 0 Å². The van der Waals surface area contributed by atoms with Crippen LogP contribution < -0.4 is 10.1 Å². The maximum atomic E-state index is 5.43. The van der Waals surface area contributed by atoms with Gasteiger partial charge in [-0.3, -0.25) is 0 Å². The van der Waals surface area contributed by atoms with E-state index in [2.05, 4.69) is 31.3 Å². The lowest BCUT2D eigenvalue weighted by atomic mass is 9.99. The Morgan fingerprint density at radius 1 is 1.38 bits per heavy atom. The predicted molar refractivity (Wildman–Crippen MR) is 68.3 cm³/mol. The van der Waals surface area contributed by atoms with Crippen LogP contribution in [0.2, 0.25) is 0 Å². The van der Waals surface area contributed by atoms with E-state index in [4.69, 9.17) is 4.74 Å². The molecule has 2 rings (SSSR count). The fraction of sp³-hybridized carbons (Fsp3) is 0.571. The molecule has 0 saturated heterocycles. The van der Waals surface area contributed by atoms with Gasteiger partial charge in [0.05, 0.1) is 7.11 Å². The molecule has 0 aliphatic heterocycles. The molecule has 0 atom stereocenters. The van der Waals surface area contributed by atoms with Crippen LogP contribution in [0.4, 0.5) is 5.69 Å². The van der Waals surface area contributed by atoms with Gasteiger partial charge in [0.15, 0.2) is 0 Å². The summed E-state index contributed by atoms with van der Waals surface area (Å²) in [4.78, 5) is 0.